The molecule has 0 saturated heterocycles. The average Bonchev–Trinajstić information content (AvgIpc) is 2.59. The first-order valence-corrected chi connectivity index (χ1v) is 7.71. The maximum atomic E-state index is 6.12. The first-order valence-electron chi connectivity index (χ1n) is 7.71. The van der Waals surface area contributed by atoms with Gasteiger partial charge >= 0.3 is 0 Å². The molecule has 3 heteroatoms. The van der Waals surface area contributed by atoms with E-state index in [1.807, 2.05) is 54.6 Å². The van der Waals surface area contributed by atoms with Crippen molar-refractivity contribution in [3.63, 3.8) is 0 Å². The van der Waals surface area contributed by atoms with E-state index in [0.717, 1.165) is 41.3 Å². The maximum Gasteiger partial charge on any atom is 0.0453 e. The minimum Gasteiger partial charge on any atom is -0.398 e. The van der Waals surface area contributed by atoms with Crippen molar-refractivity contribution in [2.45, 2.75) is 13.1 Å². The Labute approximate surface area is 137 Å². The van der Waals surface area contributed by atoms with Gasteiger partial charge in [-0.1, -0.05) is 54.6 Å². The largest absolute Gasteiger partial charge is 0.398 e. The second-order valence-corrected chi connectivity index (χ2v) is 5.59. The van der Waals surface area contributed by atoms with E-state index in [9.17, 15) is 0 Å². The zero-order chi connectivity index (χ0) is 16.1. The lowest BCUT2D eigenvalue weighted by Crippen LogP contribution is -2.23. The van der Waals surface area contributed by atoms with Crippen LogP contribution in [0.3, 0.4) is 0 Å². The summed E-state index contributed by atoms with van der Waals surface area (Å²) in [6.07, 6.45) is 0. The van der Waals surface area contributed by atoms with E-state index in [0.29, 0.717) is 0 Å². The van der Waals surface area contributed by atoms with Crippen molar-refractivity contribution < 1.29 is 0 Å². The van der Waals surface area contributed by atoms with Crippen LogP contribution in [-0.4, -0.2) is 0 Å². The summed E-state index contributed by atoms with van der Waals surface area (Å²) >= 11 is 0. The van der Waals surface area contributed by atoms with E-state index in [1.165, 1.54) is 0 Å². The molecule has 3 nitrogen and oxygen atoms in total. The molecule has 3 aromatic rings. The van der Waals surface area contributed by atoms with Crippen molar-refractivity contribution in [3.8, 4) is 0 Å². The summed E-state index contributed by atoms with van der Waals surface area (Å²) in [7, 11) is 0. The van der Waals surface area contributed by atoms with Crippen LogP contribution in [0.25, 0.3) is 0 Å². The highest BCUT2D eigenvalue weighted by Crippen LogP contribution is 2.24. The third kappa shape index (κ3) is 3.64. The fourth-order valence-corrected chi connectivity index (χ4v) is 2.64. The summed E-state index contributed by atoms with van der Waals surface area (Å²) in [4.78, 5) is 2.29. The normalized spacial score (nSPS) is 10.4. The van der Waals surface area contributed by atoms with Gasteiger partial charge in [-0.15, -0.1) is 0 Å². The molecule has 0 aliphatic rings. The minimum atomic E-state index is 0.741. The SMILES string of the molecule is Nc1ccccc1CN(Cc1ccccc1N)c1ccccc1. The number of hydrogen-bond acceptors (Lipinski definition) is 3. The third-order valence-electron chi connectivity index (χ3n) is 3.95. The molecule has 0 aliphatic heterocycles. The Balaban J connectivity index is 1.91. The van der Waals surface area contributed by atoms with Gasteiger partial charge in [-0.2, -0.15) is 0 Å². The molecule has 0 amide bonds. The molecule has 0 fully saturated rings. The number of para-hydroxylation sites is 3. The molecule has 0 aromatic heterocycles. The van der Waals surface area contributed by atoms with E-state index >= 15 is 0 Å². The molecule has 0 radical (unpaired) electrons. The summed E-state index contributed by atoms with van der Waals surface area (Å²) in [5.74, 6) is 0. The van der Waals surface area contributed by atoms with Gasteiger partial charge in [-0.25, -0.2) is 0 Å². The molecule has 4 N–H and O–H groups in total. The van der Waals surface area contributed by atoms with Crippen molar-refractivity contribution in [3.05, 3.63) is 90.0 Å². The second kappa shape index (κ2) is 6.88. The predicted octanol–water partition coefficient (Wildman–Crippen LogP) is 4.06. The molecule has 0 aliphatic carbocycles. The Morgan fingerprint density at radius 3 is 1.48 bits per heavy atom. The van der Waals surface area contributed by atoms with Crippen LogP contribution < -0.4 is 16.4 Å². The van der Waals surface area contributed by atoms with Crippen molar-refractivity contribution in [2.75, 3.05) is 16.4 Å². The van der Waals surface area contributed by atoms with Gasteiger partial charge in [-0.05, 0) is 35.4 Å². The van der Waals surface area contributed by atoms with Crippen molar-refractivity contribution in [1.29, 1.82) is 0 Å². The van der Waals surface area contributed by atoms with E-state index < -0.39 is 0 Å². The molecule has 3 rings (SSSR count). The molecule has 116 valence electrons. The Hall–Kier alpha value is -2.94. The Bertz CT molecular complexity index is 721. The highest BCUT2D eigenvalue weighted by atomic mass is 15.1. The van der Waals surface area contributed by atoms with Gasteiger partial charge in [-0.3, -0.25) is 0 Å². The number of hydrogen-bond donors (Lipinski definition) is 2. The lowest BCUT2D eigenvalue weighted by atomic mass is 10.1. The van der Waals surface area contributed by atoms with Gasteiger partial charge in [0.2, 0.25) is 0 Å². The lowest BCUT2D eigenvalue weighted by Gasteiger charge is -2.26. The summed E-state index contributed by atoms with van der Waals surface area (Å²) in [5, 5.41) is 0. The van der Waals surface area contributed by atoms with Crippen LogP contribution in [0.1, 0.15) is 11.1 Å². The van der Waals surface area contributed by atoms with Gasteiger partial charge in [0.05, 0.1) is 0 Å². The van der Waals surface area contributed by atoms with Crippen molar-refractivity contribution in [2.24, 2.45) is 0 Å². The average molecular weight is 303 g/mol. The zero-order valence-electron chi connectivity index (χ0n) is 13.0. The Kier molecular flexibility index (Phi) is 4.48. The molecule has 0 spiro atoms. The van der Waals surface area contributed by atoms with Crippen LogP contribution in [-0.2, 0) is 13.1 Å². The molecule has 0 saturated carbocycles. The van der Waals surface area contributed by atoms with Crippen LogP contribution in [0, 0.1) is 0 Å². The monoisotopic (exact) mass is 303 g/mol. The fourth-order valence-electron chi connectivity index (χ4n) is 2.64. The van der Waals surface area contributed by atoms with E-state index in [1.54, 1.807) is 0 Å². The van der Waals surface area contributed by atoms with Gasteiger partial charge in [0.1, 0.15) is 0 Å². The molecule has 0 bridgehead atoms. The van der Waals surface area contributed by atoms with Gasteiger partial charge in [0.25, 0.3) is 0 Å². The highest BCUT2D eigenvalue weighted by Gasteiger charge is 2.11. The number of anilines is 3. The molecule has 3 aromatic carbocycles. The predicted molar refractivity (Wildman–Crippen MR) is 98.0 cm³/mol. The molecular weight excluding hydrogens is 282 g/mol. The number of benzene rings is 3. The first-order chi connectivity index (χ1) is 11.2. The van der Waals surface area contributed by atoms with E-state index in [4.69, 9.17) is 11.5 Å². The maximum absolute atomic E-state index is 6.12. The van der Waals surface area contributed by atoms with Gasteiger partial charge in [0, 0.05) is 30.2 Å². The van der Waals surface area contributed by atoms with E-state index in [2.05, 4.69) is 29.2 Å². The summed E-state index contributed by atoms with van der Waals surface area (Å²) in [6.45, 7) is 1.48. The lowest BCUT2D eigenvalue weighted by molar-refractivity contribution is 0.803. The van der Waals surface area contributed by atoms with Crippen LogP contribution >= 0.6 is 0 Å². The first kappa shape index (κ1) is 15.0. The molecule has 0 atom stereocenters. The molecule has 0 unspecified atom stereocenters. The number of nitrogens with zero attached hydrogens (tertiary/aromatic N) is 1. The zero-order valence-corrected chi connectivity index (χ0v) is 13.0. The summed E-state index contributed by atoms with van der Waals surface area (Å²) < 4.78 is 0. The minimum absolute atomic E-state index is 0.741. The summed E-state index contributed by atoms with van der Waals surface area (Å²) in [5.41, 5.74) is 17.3. The fraction of sp³-hybridized carbons (Fsp3) is 0.100. The Morgan fingerprint density at radius 1 is 0.565 bits per heavy atom. The van der Waals surface area contributed by atoms with Crippen molar-refractivity contribution in [1.82, 2.24) is 0 Å². The quantitative estimate of drug-likeness (QED) is 0.699. The number of nitrogen functional groups attached to an aromatic ring is 2. The van der Waals surface area contributed by atoms with Gasteiger partial charge < -0.3 is 16.4 Å². The third-order valence-corrected chi connectivity index (χ3v) is 3.95. The second-order valence-electron chi connectivity index (χ2n) is 5.59. The van der Waals surface area contributed by atoms with Crippen molar-refractivity contribution >= 4 is 17.1 Å². The topological polar surface area (TPSA) is 55.3 Å². The van der Waals surface area contributed by atoms with Crippen LogP contribution in [0.4, 0.5) is 17.1 Å². The van der Waals surface area contributed by atoms with Gasteiger partial charge in [0.15, 0.2) is 0 Å². The van der Waals surface area contributed by atoms with Crippen LogP contribution in [0.2, 0.25) is 0 Å². The standard InChI is InChI=1S/C20H21N3/c21-19-12-6-4-8-16(19)14-23(18-10-2-1-3-11-18)15-17-9-5-7-13-20(17)22/h1-13H,14-15,21-22H2. The van der Waals surface area contributed by atoms with Crippen LogP contribution in [0.5, 0.6) is 0 Å². The number of rotatable bonds is 5. The smallest absolute Gasteiger partial charge is 0.0453 e. The van der Waals surface area contributed by atoms with Crippen LogP contribution in [0.15, 0.2) is 78.9 Å². The van der Waals surface area contributed by atoms with E-state index in [-0.39, 0.29) is 0 Å². The highest BCUT2D eigenvalue weighted by molar-refractivity contribution is 5.54. The Morgan fingerprint density at radius 2 is 1.00 bits per heavy atom. The molecular formula is C20H21N3. The molecule has 23 heavy (non-hydrogen) atoms. The summed E-state index contributed by atoms with van der Waals surface area (Å²) in [6, 6.07) is 26.3. The number of nitrogens with two attached hydrogens (primary N) is 2. The molecule has 0 heterocycles.